The number of hydrogen-bond acceptors (Lipinski definition) is 1. The van der Waals surface area contributed by atoms with Crippen LogP contribution in [0.4, 0.5) is 0 Å². The van der Waals surface area contributed by atoms with E-state index >= 15 is 0 Å². The standard InChI is InChI=1S/C18H30O/c1-13(12-18(4,5)6)9-17(19)11-16-8-7-14(2)15(3)10-16/h7-8,10,13,17,19H,9,11-12H2,1-6H3. The first-order chi connectivity index (χ1) is 8.67. The zero-order valence-corrected chi connectivity index (χ0v) is 13.5. The molecule has 0 saturated carbocycles. The van der Waals surface area contributed by atoms with Gasteiger partial charge in [-0.2, -0.15) is 0 Å². The van der Waals surface area contributed by atoms with Gasteiger partial charge < -0.3 is 5.11 Å². The second-order valence-corrected chi connectivity index (χ2v) is 7.38. The Kier molecular flexibility index (Phi) is 5.61. The van der Waals surface area contributed by atoms with Crippen molar-refractivity contribution in [3.05, 3.63) is 34.9 Å². The molecule has 1 nitrogen and oxygen atoms in total. The predicted octanol–water partition coefficient (Wildman–Crippen LogP) is 4.67. The normalized spacial score (nSPS) is 15.3. The average Bonchev–Trinajstić information content (AvgIpc) is 2.20. The van der Waals surface area contributed by atoms with E-state index in [0.717, 1.165) is 19.3 Å². The topological polar surface area (TPSA) is 20.2 Å². The number of rotatable bonds is 5. The van der Waals surface area contributed by atoms with Crippen LogP contribution >= 0.6 is 0 Å². The minimum absolute atomic E-state index is 0.223. The van der Waals surface area contributed by atoms with Gasteiger partial charge in [0.25, 0.3) is 0 Å². The van der Waals surface area contributed by atoms with Crippen LogP contribution < -0.4 is 0 Å². The Bertz CT molecular complexity index is 401. The van der Waals surface area contributed by atoms with Crippen LogP contribution in [0.15, 0.2) is 18.2 Å². The zero-order valence-electron chi connectivity index (χ0n) is 13.5. The summed E-state index contributed by atoms with van der Waals surface area (Å²) in [5.74, 6) is 0.571. The SMILES string of the molecule is Cc1ccc(CC(O)CC(C)CC(C)(C)C)cc1C. The van der Waals surface area contributed by atoms with E-state index in [2.05, 4.69) is 59.7 Å². The maximum absolute atomic E-state index is 10.2. The smallest absolute Gasteiger partial charge is 0.0583 e. The van der Waals surface area contributed by atoms with Crippen molar-refractivity contribution in [1.29, 1.82) is 0 Å². The quantitative estimate of drug-likeness (QED) is 0.817. The summed E-state index contributed by atoms with van der Waals surface area (Å²) in [5.41, 5.74) is 4.23. The third-order valence-corrected chi connectivity index (χ3v) is 3.68. The number of aliphatic hydroxyl groups is 1. The van der Waals surface area contributed by atoms with Crippen LogP contribution in [-0.4, -0.2) is 11.2 Å². The monoisotopic (exact) mass is 262 g/mol. The predicted molar refractivity (Wildman–Crippen MR) is 83.5 cm³/mol. The van der Waals surface area contributed by atoms with Crippen molar-refractivity contribution in [2.75, 3.05) is 0 Å². The third kappa shape index (κ3) is 6.24. The molecule has 0 heterocycles. The first-order valence-electron chi connectivity index (χ1n) is 7.41. The first-order valence-corrected chi connectivity index (χ1v) is 7.41. The molecular weight excluding hydrogens is 232 g/mol. The van der Waals surface area contributed by atoms with E-state index < -0.39 is 0 Å². The fraction of sp³-hybridized carbons (Fsp3) is 0.667. The van der Waals surface area contributed by atoms with Crippen molar-refractivity contribution >= 4 is 0 Å². The van der Waals surface area contributed by atoms with Gasteiger partial charge in [-0.15, -0.1) is 0 Å². The molecule has 0 fully saturated rings. The van der Waals surface area contributed by atoms with Crippen LogP contribution in [0.25, 0.3) is 0 Å². The van der Waals surface area contributed by atoms with Gasteiger partial charge in [0, 0.05) is 0 Å². The fourth-order valence-corrected chi connectivity index (χ4v) is 2.88. The van der Waals surface area contributed by atoms with Crippen LogP contribution in [0, 0.1) is 25.2 Å². The van der Waals surface area contributed by atoms with Gasteiger partial charge >= 0.3 is 0 Å². The highest BCUT2D eigenvalue weighted by atomic mass is 16.3. The fourth-order valence-electron chi connectivity index (χ4n) is 2.88. The van der Waals surface area contributed by atoms with Crippen molar-refractivity contribution in [3.63, 3.8) is 0 Å². The molecule has 0 aliphatic rings. The molecule has 0 radical (unpaired) electrons. The molecule has 19 heavy (non-hydrogen) atoms. The van der Waals surface area contributed by atoms with E-state index in [1.54, 1.807) is 0 Å². The molecule has 1 N–H and O–H groups in total. The molecule has 1 aromatic rings. The van der Waals surface area contributed by atoms with Crippen molar-refractivity contribution in [3.8, 4) is 0 Å². The Morgan fingerprint density at radius 3 is 2.26 bits per heavy atom. The molecule has 0 aromatic heterocycles. The van der Waals surface area contributed by atoms with E-state index in [-0.39, 0.29) is 6.10 Å². The minimum atomic E-state index is -0.223. The van der Waals surface area contributed by atoms with Crippen molar-refractivity contribution < 1.29 is 5.11 Å². The lowest BCUT2D eigenvalue weighted by Gasteiger charge is -2.25. The number of aliphatic hydroxyl groups excluding tert-OH is 1. The van der Waals surface area contributed by atoms with Crippen molar-refractivity contribution in [2.24, 2.45) is 11.3 Å². The van der Waals surface area contributed by atoms with Gasteiger partial charge in [0.1, 0.15) is 0 Å². The van der Waals surface area contributed by atoms with Crippen LogP contribution in [-0.2, 0) is 6.42 Å². The lowest BCUT2D eigenvalue weighted by Crippen LogP contribution is -2.18. The van der Waals surface area contributed by atoms with Gasteiger partial charge in [0.15, 0.2) is 0 Å². The van der Waals surface area contributed by atoms with Gasteiger partial charge in [-0.3, -0.25) is 0 Å². The third-order valence-electron chi connectivity index (χ3n) is 3.68. The molecule has 0 aliphatic heterocycles. The van der Waals surface area contributed by atoms with Gasteiger partial charge in [-0.1, -0.05) is 45.9 Å². The molecule has 0 spiro atoms. The Balaban J connectivity index is 2.50. The molecular formula is C18H30O. The molecule has 0 saturated heterocycles. The molecule has 0 aliphatic carbocycles. The molecule has 1 aromatic carbocycles. The summed E-state index contributed by atoms with van der Waals surface area (Å²) in [6, 6.07) is 6.49. The first kappa shape index (κ1) is 16.2. The lowest BCUT2D eigenvalue weighted by atomic mass is 9.82. The summed E-state index contributed by atoms with van der Waals surface area (Å²) in [4.78, 5) is 0. The average molecular weight is 262 g/mol. The van der Waals surface area contributed by atoms with Gasteiger partial charge in [0.2, 0.25) is 0 Å². The van der Waals surface area contributed by atoms with Gasteiger partial charge in [-0.25, -0.2) is 0 Å². The Hall–Kier alpha value is -0.820. The highest BCUT2D eigenvalue weighted by molar-refractivity contribution is 5.30. The molecule has 1 heteroatoms. The van der Waals surface area contributed by atoms with Gasteiger partial charge in [-0.05, 0) is 61.1 Å². The Morgan fingerprint density at radius 1 is 1.11 bits per heavy atom. The van der Waals surface area contributed by atoms with Crippen LogP contribution in [0.1, 0.15) is 57.2 Å². The number of benzene rings is 1. The summed E-state index contributed by atoms with van der Waals surface area (Å²) >= 11 is 0. The maximum atomic E-state index is 10.2. The Labute approximate surface area is 119 Å². The van der Waals surface area contributed by atoms with E-state index in [1.807, 2.05) is 0 Å². The van der Waals surface area contributed by atoms with Crippen LogP contribution in [0.2, 0.25) is 0 Å². The summed E-state index contributed by atoms with van der Waals surface area (Å²) in [6.45, 7) is 13.3. The second kappa shape index (κ2) is 6.56. The number of aryl methyl sites for hydroxylation is 2. The summed E-state index contributed by atoms with van der Waals surface area (Å²) in [7, 11) is 0. The Morgan fingerprint density at radius 2 is 1.74 bits per heavy atom. The van der Waals surface area contributed by atoms with Gasteiger partial charge in [0.05, 0.1) is 6.10 Å². The van der Waals surface area contributed by atoms with Crippen molar-refractivity contribution in [2.45, 2.75) is 66.9 Å². The summed E-state index contributed by atoms with van der Waals surface area (Å²) in [5, 5.41) is 10.2. The van der Waals surface area contributed by atoms with E-state index in [9.17, 15) is 5.11 Å². The summed E-state index contributed by atoms with van der Waals surface area (Å²) < 4.78 is 0. The second-order valence-electron chi connectivity index (χ2n) is 7.38. The molecule has 2 atom stereocenters. The van der Waals surface area contributed by atoms with E-state index in [4.69, 9.17) is 0 Å². The molecule has 0 bridgehead atoms. The molecule has 2 unspecified atom stereocenters. The molecule has 1 rings (SSSR count). The minimum Gasteiger partial charge on any atom is -0.393 e. The molecule has 108 valence electrons. The van der Waals surface area contributed by atoms with Crippen LogP contribution in [0.3, 0.4) is 0 Å². The van der Waals surface area contributed by atoms with E-state index in [1.165, 1.54) is 16.7 Å². The van der Waals surface area contributed by atoms with E-state index in [0.29, 0.717) is 11.3 Å². The summed E-state index contributed by atoms with van der Waals surface area (Å²) in [6.07, 6.45) is 2.61. The van der Waals surface area contributed by atoms with Crippen molar-refractivity contribution in [1.82, 2.24) is 0 Å². The highest BCUT2D eigenvalue weighted by Crippen LogP contribution is 2.27. The largest absolute Gasteiger partial charge is 0.393 e. The highest BCUT2D eigenvalue weighted by Gasteiger charge is 2.18. The number of hydrogen-bond donors (Lipinski definition) is 1. The molecule has 0 amide bonds. The lowest BCUT2D eigenvalue weighted by molar-refractivity contribution is 0.133. The zero-order chi connectivity index (χ0) is 14.6. The van der Waals surface area contributed by atoms with Crippen LogP contribution in [0.5, 0.6) is 0 Å². The maximum Gasteiger partial charge on any atom is 0.0583 e.